The molecule has 1 aliphatic rings. The molecule has 108 valence electrons. The van der Waals surface area contributed by atoms with Gasteiger partial charge in [-0.1, -0.05) is 31.2 Å². The maximum Gasteiger partial charge on any atom is 0.193 e. The standard InChI is InChI=1S/C17H18N2OS/c1-12-6-7-17(20,15-5-3-2-4-14(12)15)10-13-11-19-8-9-21-16(19)18-13/h2-5,8-9,11-12,20H,6-7,10H2,1H3. The zero-order valence-electron chi connectivity index (χ0n) is 12.0. The molecule has 2 aromatic heterocycles. The number of rotatable bonds is 2. The van der Waals surface area contributed by atoms with Crippen molar-refractivity contribution in [3.63, 3.8) is 0 Å². The van der Waals surface area contributed by atoms with Crippen molar-refractivity contribution >= 4 is 16.3 Å². The first-order valence-electron chi connectivity index (χ1n) is 7.38. The van der Waals surface area contributed by atoms with E-state index >= 15 is 0 Å². The smallest absolute Gasteiger partial charge is 0.193 e. The van der Waals surface area contributed by atoms with Crippen LogP contribution in [0.4, 0.5) is 0 Å². The predicted molar refractivity (Wildman–Crippen MR) is 84.8 cm³/mol. The SMILES string of the molecule is CC1CCC(O)(Cc2cn3ccsc3n2)c2ccccc21. The highest BCUT2D eigenvalue weighted by Gasteiger charge is 2.37. The lowest BCUT2D eigenvalue weighted by atomic mass is 9.72. The average Bonchev–Trinajstić information content (AvgIpc) is 3.05. The molecule has 0 aliphatic heterocycles. The van der Waals surface area contributed by atoms with Crippen molar-refractivity contribution < 1.29 is 5.11 Å². The van der Waals surface area contributed by atoms with Gasteiger partial charge < -0.3 is 5.11 Å². The fourth-order valence-electron chi connectivity index (χ4n) is 3.44. The molecule has 0 saturated heterocycles. The number of hydrogen-bond donors (Lipinski definition) is 1. The highest BCUT2D eigenvalue weighted by atomic mass is 32.1. The fourth-order valence-corrected chi connectivity index (χ4v) is 4.16. The number of hydrogen-bond acceptors (Lipinski definition) is 3. The van der Waals surface area contributed by atoms with Gasteiger partial charge in [0.1, 0.15) is 0 Å². The van der Waals surface area contributed by atoms with Crippen LogP contribution >= 0.6 is 11.3 Å². The van der Waals surface area contributed by atoms with Gasteiger partial charge in [-0.2, -0.15) is 0 Å². The summed E-state index contributed by atoms with van der Waals surface area (Å²) in [5.41, 5.74) is 2.55. The predicted octanol–water partition coefficient (Wildman–Crippen LogP) is 3.72. The third kappa shape index (κ3) is 2.10. The molecule has 0 amide bonds. The third-order valence-corrected chi connectivity index (χ3v) is 5.37. The topological polar surface area (TPSA) is 37.5 Å². The van der Waals surface area contributed by atoms with Gasteiger partial charge >= 0.3 is 0 Å². The number of thiazole rings is 1. The zero-order chi connectivity index (χ0) is 14.4. The van der Waals surface area contributed by atoms with Crippen molar-refractivity contribution in [1.82, 2.24) is 9.38 Å². The Kier molecular flexibility index (Phi) is 2.91. The minimum Gasteiger partial charge on any atom is -0.385 e. The maximum absolute atomic E-state index is 11.2. The first-order chi connectivity index (χ1) is 10.2. The van der Waals surface area contributed by atoms with E-state index in [-0.39, 0.29) is 0 Å². The maximum atomic E-state index is 11.2. The first kappa shape index (κ1) is 13.0. The number of aromatic nitrogens is 2. The van der Waals surface area contributed by atoms with Crippen molar-refractivity contribution in [2.75, 3.05) is 0 Å². The van der Waals surface area contributed by atoms with Crippen molar-refractivity contribution in [1.29, 1.82) is 0 Å². The quantitative estimate of drug-likeness (QED) is 0.783. The number of imidazole rings is 1. The number of fused-ring (bicyclic) bond motifs is 2. The molecule has 2 unspecified atom stereocenters. The Hall–Kier alpha value is -1.65. The van der Waals surface area contributed by atoms with Crippen molar-refractivity contribution in [3.8, 4) is 0 Å². The number of benzene rings is 1. The molecular weight excluding hydrogens is 280 g/mol. The second kappa shape index (κ2) is 4.68. The summed E-state index contributed by atoms with van der Waals surface area (Å²) in [6.45, 7) is 2.24. The Morgan fingerprint density at radius 2 is 2.29 bits per heavy atom. The average molecular weight is 298 g/mol. The van der Waals surface area contributed by atoms with Gasteiger partial charge in [-0.3, -0.25) is 4.40 Å². The Morgan fingerprint density at radius 1 is 1.43 bits per heavy atom. The minimum absolute atomic E-state index is 0.520. The van der Waals surface area contributed by atoms with Crippen LogP contribution < -0.4 is 0 Å². The Labute approximate surface area is 127 Å². The molecule has 0 spiro atoms. The third-order valence-electron chi connectivity index (χ3n) is 4.60. The van der Waals surface area contributed by atoms with Gasteiger partial charge in [0.2, 0.25) is 0 Å². The lowest BCUT2D eigenvalue weighted by molar-refractivity contribution is 0.0151. The molecule has 4 rings (SSSR count). The van der Waals surface area contributed by atoms with Crippen LogP contribution in [0.5, 0.6) is 0 Å². The van der Waals surface area contributed by atoms with E-state index in [0.29, 0.717) is 12.3 Å². The summed E-state index contributed by atoms with van der Waals surface area (Å²) in [5, 5.41) is 13.2. The van der Waals surface area contributed by atoms with Gasteiger partial charge in [0, 0.05) is 24.2 Å². The second-order valence-electron chi connectivity index (χ2n) is 6.06. The van der Waals surface area contributed by atoms with Gasteiger partial charge in [-0.05, 0) is 29.9 Å². The van der Waals surface area contributed by atoms with Crippen LogP contribution in [0.2, 0.25) is 0 Å². The van der Waals surface area contributed by atoms with E-state index in [1.807, 2.05) is 28.2 Å². The highest BCUT2D eigenvalue weighted by Crippen LogP contribution is 2.42. The van der Waals surface area contributed by atoms with E-state index in [4.69, 9.17) is 0 Å². The number of nitrogens with zero attached hydrogens (tertiary/aromatic N) is 2. The summed E-state index contributed by atoms with van der Waals surface area (Å²) in [6.07, 6.45) is 6.46. The minimum atomic E-state index is -0.785. The molecule has 1 aromatic carbocycles. The van der Waals surface area contributed by atoms with Gasteiger partial charge in [0.25, 0.3) is 0 Å². The van der Waals surface area contributed by atoms with Crippen LogP contribution in [0.25, 0.3) is 4.96 Å². The molecule has 1 N–H and O–H groups in total. The molecule has 4 heteroatoms. The van der Waals surface area contributed by atoms with Gasteiger partial charge in [0.15, 0.2) is 4.96 Å². The van der Waals surface area contributed by atoms with E-state index in [9.17, 15) is 5.11 Å². The second-order valence-corrected chi connectivity index (χ2v) is 6.93. The Bertz CT molecular complexity index is 762. The molecule has 2 heterocycles. The number of aliphatic hydroxyl groups is 1. The summed E-state index contributed by atoms with van der Waals surface area (Å²) in [4.78, 5) is 5.62. The van der Waals surface area contributed by atoms with Gasteiger partial charge in [-0.15, -0.1) is 11.3 Å². The lowest BCUT2D eigenvalue weighted by Crippen LogP contribution is -2.34. The molecule has 0 saturated carbocycles. The zero-order valence-corrected chi connectivity index (χ0v) is 12.8. The summed E-state index contributed by atoms with van der Waals surface area (Å²) < 4.78 is 2.03. The molecule has 1 aliphatic carbocycles. The van der Waals surface area contributed by atoms with Crippen LogP contribution in [0, 0.1) is 0 Å². The van der Waals surface area contributed by atoms with Crippen molar-refractivity contribution in [2.24, 2.45) is 0 Å². The summed E-state index contributed by atoms with van der Waals surface area (Å²) >= 11 is 1.63. The van der Waals surface area contributed by atoms with Crippen molar-refractivity contribution in [2.45, 2.75) is 37.7 Å². The molecule has 0 bridgehead atoms. The summed E-state index contributed by atoms with van der Waals surface area (Å²) in [6, 6.07) is 8.31. The summed E-state index contributed by atoms with van der Waals surface area (Å²) in [7, 11) is 0. The van der Waals surface area contributed by atoms with Crippen LogP contribution in [0.15, 0.2) is 42.0 Å². The van der Waals surface area contributed by atoms with E-state index in [0.717, 1.165) is 29.1 Å². The van der Waals surface area contributed by atoms with Gasteiger partial charge in [-0.25, -0.2) is 4.98 Å². The molecule has 3 nitrogen and oxygen atoms in total. The van der Waals surface area contributed by atoms with Crippen LogP contribution in [0.3, 0.4) is 0 Å². The Morgan fingerprint density at radius 3 is 3.14 bits per heavy atom. The van der Waals surface area contributed by atoms with E-state index in [2.05, 4.69) is 30.1 Å². The first-order valence-corrected chi connectivity index (χ1v) is 8.26. The van der Waals surface area contributed by atoms with Crippen LogP contribution in [-0.4, -0.2) is 14.5 Å². The van der Waals surface area contributed by atoms with E-state index in [1.165, 1.54) is 5.56 Å². The molecule has 3 aromatic rings. The lowest BCUT2D eigenvalue weighted by Gasteiger charge is -2.37. The highest BCUT2D eigenvalue weighted by molar-refractivity contribution is 7.15. The molecule has 21 heavy (non-hydrogen) atoms. The Balaban J connectivity index is 1.73. The monoisotopic (exact) mass is 298 g/mol. The fraction of sp³-hybridized carbons (Fsp3) is 0.353. The van der Waals surface area contributed by atoms with Crippen LogP contribution in [0.1, 0.15) is 42.5 Å². The molecular formula is C17H18N2OS. The molecule has 0 fully saturated rings. The largest absolute Gasteiger partial charge is 0.385 e. The molecule has 0 radical (unpaired) electrons. The van der Waals surface area contributed by atoms with Crippen LogP contribution in [-0.2, 0) is 12.0 Å². The van der Waals surface area contributed by atoms with E-state index < -0.39 is 5.60 Å². The molecule has 2 atom stereocenters. The summed E-state index contributed by atoms with van der Waals surface area (Å²) in [5.74, 6) is 0.520. The van der Waals surface area contributed by atoms with Crippen molar-refractivity contribution in [3.05, 3.63) is 58.9 Å². The van der Waals surface area contributed by atoms with E-state index in [1.54, 1.807) is 11.3 Å². The van der Waals surface area contributed by atoms with Gasteiger partial charge in [0.05, 0.1) is 11.3 Å². The normalized spacial score (nSPS) is 25.1.